The number of carbonyl (C=O) groups excluding carboxylic acids is 1. The quantitative estimate of drug-likeness (QED) is 0.691. The molecule has 2 bridgehead atoms. The molecule has 2 fully saturated rings. The Bertz CT molecular complexity index is 659. The van der Waals surface area contributed by atoms with Gasteiger partial charge in [0, 0.05) is 39.3 Å². The fourth-order valence-electron chi connectivity index (χ4n) is 4.14. The zero-order valence-electron chi connectivity index (χ0n) is 16.6. The fraction of sp³-hybridized carbons (Fsp3) is 0.619. The summed E-state index contributed by atoms with van der Waals surface area (Å²) in [6.45, 7) is 9.10. The number of amides is 2. The average molecular weight is 386 g/mol. The standard InChI is InChI=1S/C21H30N4O3/c1-2-23-21(26)25-15-18-11-19(16-25)14-24(13-18)7-8-27-9-10-28-20-5-3-17(12-22)4-6-20/h3-6,18-19H,2,7-11,13-16H2,1H3,(H,23,26). The number of piperidine rings is 2. The number of hydrogen-bond acceptors (Lipinski definition) is 5. The number of carbonyl (C=O) groups is 1. The van der Waals surface area contributed by atoms with Gasteiger partial charge in [-0.25, -0.2) is 4.79 Å². The average Bonchev–Trinajstić information content (AvgIpc) is 2.70. The number of nitrogens with zero attached hydrogens (tertiary/aromatic N) is 3. The van der Waals surface area contributed by atoms with Crippen LogP contribution in [0.15, 0.2) is 24.3 Å². The van der Waals surface area contributed by atoms with Crippen LogP contribution in [-0.4, -0.2) is 74.9 Å². The van der Waals surface area contributed by atoms with E-state index in [0.717, 1.165) is 38.5 Å². The fourth-order valence-corrected chi connectivity index (χ4v) is 4.14. The van der Waals surface area contributed by atoms with Crippen molar-refractivity contribution in [3.05, 3.63) is 29.8 Å². The molecule has 2 heterocycles. The number of benzene rings is 1. The highest BCUT2D eigenvalue weighted by atomic mass is 16.5. The first kappa shape index (κ1) is 20.4. The Hall–Kier alpha value is -2.30. The lowest BCUT2D eigenvalue weighted by atomic mass is 9.85. The van der Waals surface area contributed by atoms with E-state index in [2.05, 4.69) is 16.3 Å². The number of nitriles is 1. The molecule has 7 heteroatoms. The number of fused-ring (bicyclic) bond motifs is 2. The van der Waals surface area contributed by atoms with Gasteiger partial charge in [0.15, 0.2) is 0 Å². The summed E-state index contributed by atoms with van der Waals surface area (Å²) in [6, 6.07) is 9.26. The third kappa shape index (κ3) is 5.85. The van der Waals surface area contributed by atoms with Gasteiger partial charge < -0.3 is 24.6 Å². The molecule has 2 aliphatic rings. The molecule has 1 aromatic rings. The van der Waals surface area contributed by atoms with Gasteiger partial charge in [-0.2, -0.15) is 5.26 Å². The maximum absolute atomic E-state index is 12.1. The minimum absolute atomic E-state index is 0.0799. The molecule has 0 radical (unpaired) electrons. The van der Waals surface area contributed by atoms with E-state index in [-0.39, 0.29) is 6.03 Å². The highest BCUT2D eigenvalue weighted by molar-refractivity contribution is 5.74. The summed E-state index contributed by atoms with van der Waals surface area (Å²) in [5, 5.41) is 11.7. The first-order valence-electron chi connectivity index (χ1n) is 10.1. The monoisotopic (exact) mass is 386 g/mol. The van der Waals surface area contributed by atoms with Gasteiger partial charge in [0.25, 0.3) is 0 Å². The molecular weight excluding hydrogens is 356 g/mol. The van der Waals surface area contributed by atoms with Gasteiger partial charge in [-0.15, -0.1) is 0 Å². The third-order valence-corrected chi connectivity index (χ3v) is 5.30. The predicted molar refractivity (Wildman–Crippen MR) is 106 cm³/mol. The number of urea groups is 1. The lowest BCUT2D eigenvalue weighted by molar-refractivity contribution is 0.0227. The summed E-state index contributed by atoms with van der Waals surface area (Å²) < 4.78 is 11.3. The van der Waals surface area contributed by atoms with Gasteiger partial charge in [0.05, 0.1) is 24.8 Å². The molecule has 0 saturated carbocycles. The van der Waals surface area contributed by atoms with Crippen molar-refractivity contribution in [1.29, 1.82) is 5.26 Å². The second-order valence-corrected chi connectivity index (χ2v) is 7.56. The molecule has 1 aromatic carbocycles. The highest BCUT2D eigenvalue weighted by Gasteiger charge is 2.35. The Balaban J connectivity index is 1.29. The molecule has 2 atom stereocenters. The SMILES string of the molecule is CCNC(=O)N1CC2CC(CN(CCOCCOc3ccc(C#N)cc3)C2)C1. The number of nitrogens with one attached hydrogen (secondary N) is 1. The Morgan fingerprint density at radius 1 is 1.14 bits per heavy atom. The van der Waals surface area contributed by atoms with E-state index in [9.17, 15) is 4.79 Å². The van der Waals surface area contributed by atoms with Crippen molar-refractivity contribution in [1.82, 2.24) is 15.1 Å². The molecule has 7 nitrogen and oxygen atoms in total. The summed E-state index contributed by atoms with van der Waals surface area (Å²) in [5.74, 6) is 1.88. The zero-order valence-corrected chi connectivity index (χ0v) is 16.6. The molecule has 2 aliphatic heterocycles. The molecule has 3 rings (SSSR count). The van der Waals surface area contributed by atoms with Crippen LogP contribution in [0.25, 0.3) is 0 Å². The largest absolute Gasteiger partial charge is 0.491 e. The van der Waals surface area contributed by atoms with Crippen molar-refractivity contribution < 1.29 is 14.3 Å². The summed E-state index contributed by atoms with van der Waals surface area (Å²) in [6.07, 6.45) is 1.23. The molecule has 0 spiro atoms. The predicted octanol–water partition coefficient (Wildman–Crippen LogP) is 1.94. The van der Waals surface area contributed by atoms with Crippen molar-refractivity contribution >= 4 is 6.03 Å². The van der Waals surface area contributed by atoms with Crippen molar-refractivity contribution in [2.24, 2.45) is 11.8 Å². The number of ether oxygens (including phenoxy) is 2. The number of hydrogen-bond donors (Lipinski definition) is 1. The van der Waals surface area contributed by atoms with Crippen LogP contribution < -0.4 is 10.1 Å². The van der Waals surface area contributed by atoms with Crippen LogP contribution in [0.3, 0.4) is 0 Å². The van der Waals surface area contributed by atoms with Crippen LogP contribution in [0.2, 0.25) is 0 Å². The van der Waals surface area contributed by atoms with Gasteiger partial charge in [-0.05, 0) is 49.4 Å². The topological polar surface area (TPSA) is 77.8 Å². The zero-order chi connectivity index (χ0) is 19.8. The second kappa shape index (κ2) is 10.3. The van der Waals surface area contributed by atoms with E-state index in [1.807, 2.05) is 11.8 Å². The lowest BCUT2D eigenvalue weighted by Crippen LogP contribution is -2.56. The lowest BCUT2D eigenvalue weighted by Gasteiger charge is -2.45. The van der Waals surface area contributed by atoms with Gasteiger partial charge in [-0.3, -0.25) is 0 Å². The van der Waals surface area contributed by atoms with E-state index in [4.69, 9.17) is 14.7 Å². The smallest absolute Gasteiger partial charge is 0.317 e. The molecule has 2 amide bonds. The van der Waals surface area contributed by atoms with E-state index in [1.54, 1.807) is 24.3 Å². The van der Waals surface area contributed by atoms with Gasteiger partial charge >= 0.3 is 6.03 Å². The Labute approximate surface area is 167 Å². The summed E-state index contributed by atoms with van der Waals surface area (Å²) >= 11 is 0. The van der Waals surface area contributed by atoms with Gasteiger partial charge in [0.1, 0.15) is 12.4 Å². The van der Waals surface area contributed by atoms with Crippen LogP contribution in [0, 0.1) is 23.2 Å². The molecule has 0 aliphatic carbocycles. The minimum atomic E-state index is 0.0799. The van der Waals surface area contributed by atoms with E-state index in [0.29, 0.717) is 43.8 Å². The summed E-state index contributed by atoms with van der Waals surface area (Å²) in [5.41, 5.74) is 0.629. The molecule has 152 valence electrons. The first-order valence-corrected chi connectivity index (χ1v) is 10.1. The van der Waals surface area contributed by atoms with Gasteiger partial charge in [-0.1, -0.05) is 0 Å². The van der Waals surface area contributed by atoms with Crippen molar-refractivity contribution in [3.8, 4) is 11.8 Å². The summed E-state index contributed by atoms with van der Waals surface area (Å²) in [4.78, 5) is 16.5. The second-order valence-electron chi connectivity index (χ2n) is 7.56. The van der Waals surface area contributed by atoms with Crippen molar-refractivity contribution in [3.63, 3.8) is 0 Å². The van der Waals surface area contributed by atoms with Crippen LogP contribution in [-0.2, 0) is 4.74 Å². The van der Waals surface area contributed by atoms with E-state index >= 15 is 0 Å². The maximum Gasteiger partial charge on any atom is 0.317 e. The number of likely N-dealkylation sites (tertiary alicyclic amines) is 2. The molecule has 2 unspecified atom stereocenters. The minimum Gasteiger partial charge on any atom is -0.491 e. The van der Waals surface area contributed by atoms with E-state index < -0.39 is 0 Å². The summed E-state index contributed by atoms with van der Waals surface area (Å²) in [7, 11) is 0. The molecule has 2 saturated heterocycles. The molecule has 0 aromatic heterocycles. The highest BCUT2D eigenvalue weighted by Crippen LogP contribution is 2.28. The van der Waals surface area contributed by atoms with Crippen LogP contribution >= 0.6 is 0 Å². The molecule has 1 N–H and O–H groups in total. The third-order valence-electron chi connectivity index (χ3n) is 5.30. The Kier molecular flexibility index (Phi) is 7.52. The Morgan fingerprint density at radius 3 is 2.50 bits per heavy atom. The van der Waals surface area contributed by atoms with Crippen molar-refractivity contribution in [2.45, 2.75) is 13.3 Å². The van der Waals surface area contributed by atoms with Crippen molar-refractivity contribution in [2.75, 3.05) is 59.1 Å². The maximum atomic E-state index is 12.1. The van der Waals surface area contributed by atoms with Gasteiger partial charge in [0.2, 0.25) is 0 Å². The normalized spacial score (nSPS) is 21.8. The van der Waals surface area contributed by atoms with Crippen LogP contribution in [0.4, 0.5) is 4.79 Å². The molecule has 28 heavy (non-hydrogen) atoms. The van der Waals surface area contributed by atoms with E-state index in [1.165, 1.54) is 6.42 Å². The first-order chi connectivity index (χ1) is 13.7. The van der Waals surface area contributed by atoms with Crippen LogP contribution in [0.1, 0.15) is 18.9 Å². The molecular formula is C21H30N4O3. The number of rotatable bonds is 8. The van der Waals surface area contributed by atoms with Crippen LogP contribution in [0.5, 0.6) is 5.75 Å². The Morgan fingerprint density at radius 2 is 1.86 bits per heavy atom.